The van der Waals surface area contributed by atoms with Crippen LogP contribution in [0, 0.1) is 5.41 Å². The average Bonchev–Trinajstić information content (AvgIpc) is 2.76. The van der Waals surface area contributed by atoms with E-state index in [2.05, 4.69) is 25.8 Å². The number of carboxylic acid groups (broad SMARTS) is 1. The molecule has 0 bridgehead atoms. The molecule has 9 heteroatoms. The Balaban J connectivity index is 0.000000451. The van der Waals surface area contributed by atoms with Crippen LogP contribution in [0.1, 0.15) is 49.9 Å². The fourth-order valence-electron chi connectivity index (χ4n) is 3.94. The van der Waals surface area contributed by atoms with Crippen LogP contribution in [0.25, 0.3) is 0 Å². The number of likely N-dealkylation sites (tertiary alicyclic amines) is 1. The summed E-state index contributed by atoms with van der Waals surface area (Å²) in [5.74, 6) is -2.59. The number of hydrogen-bond donors (Lipinski definition) is 1. The minimum atomic E-state index is -5.08. The molecule has 32 heavy (non-hydrogen) atoms. The van der Waals surface area contributed by atoms with E-state index < -0.39 is 12.1 Å². The maximum Gasteiger partial charge on any atom is 0.490 e. The maximum absolute atomic E-state index is 12.6. The van der Waals surface area contributed by atoms with Gasteiger partial charge in [0, 0.05) is 31.2 Å². The van der Waals surface area contributed by atoms with Gasteiger partial charge in [0.2, 0.25) is 0 Å². The van der Waals surface area contributed by atoms with Crippen molar-refractivity contribution in [3.63, 3.8) is 0 Å². The van der Waals surface area contributed by atoms with E-state index in [0.717, 1.165) is 51.1 Å². The first kappa shape index (κ1) is 26.1. The van der Waals surface area contributed by atoms with Gasteiger partial charge >= 0.3 is 12.1 Å². The third kappa shape index (κ3) is 7.48. The lowest BCUT2D eigenvalue weighted by Gasteiger charge is -2.46. The van der Waals surface area contributed by atoms with Crippen LogP contribution in [0.15, 0.2) is 30.3 Å². The van der Waals surface area contributed by atoms with Crippen molar-refractivity contribution in [2.45, 2.75) is 57.9 Å². The summed E-state index contributed by atoms with van der Waals surface area (Å²) in [6.07, 6.45) is -0.209. The largest absolute Gasteiger partial charge is 0.490 e. The number of rotatable bonds is 4. The predicted octanol–water partition coefficient (Wildman–Crippen LogP) is 4.06. The molecule has 2 aliphatic heterocycles. The topological polar surface area (TPSA) is 70.1 Å². The molecule has 2 heterocycles. The molecule has 1 aromatic rings. The van der Waals surface area contributed by atoms with Crippen LogP contribution < -0.4 is 0 Å². The van der Waals surface area contributed by atoms with Crippen LogP contribution in [0.3, 0.4) is 0 Å². The molecule has 1 atom stereocenters. The van der Waals surface area contributed by atoms with Gasteiger partial charge in [-0.15, -0.1) is 0 Å². The van der Waals surface area contributed by atoms with Gasteiger partial charge in [0.1, 0.15) is 0 Å². The maximum atomic E-state index is 12.6. The van der Waals surface area contributed by atoms with Crippen molar-refractivity contribution >= 4 is 11.9 Å². The summed E-state index contributed by atoms with van der Waals surface area (Å²) < 4.78 is 38.0. The molecule has 6 nitrogen and oxygen atoms in total. The molecule has 1 aromatic carbocycles. The van der Waals surface area contributed by atoms with Crippen LogP contribution >= 0.6 is 0 Å². The number of benzene rings is 1. The Labute approximate surface area is 187 Å². The van der Waals surface area contributed by atoms with E-state index >= 15 is 0 Å². The molecule has 1 unspecified atom stereocenters. The van der Waals surface area contributed by atoms with E-state index in [1.165, 1.54) is 6.42 Å². The van der Waals surface area contributed by atoms with Crippen LogP contribution in [-0.2, 0) is 9.53 Å². The van der Waals surface area contributed by atoms with Gasteiger partial charge in [-0.2, -0.15) is 13.2 Å². The third-order valence-corrected chi connectivity index (χ3v) is 6.37. The number of aliphatic carboxylic acids is 1. The predicted molar refractivity (Wildman–Crippen MR) is 114 cm³/mol. The Morgan fingerprint density at radius 2 is 1.75 bits per heavy atom. The average molecular weight is 459 g/mol. The number of carbonyl (C=O) groups is 2. The molecule has 3 rings (SSSR count). The fraction of sp³-hybridized carbons (Fsp3) is 0.652. The van der Waals surface area contributed by atoms with E-state index in [4.69, 9.17) is 14.6 Å². The molecular formula is C23H33F3N2O4. The van der Waals surface area contributed by atoms with E-state index in [9.17, 15) is 18.0 Å². The zero-order valence-electron chi connectivity index (χ0n) is 18.9. The van der Waals surface area contributed by atoms with Gasteiger partial charge in [-0.25, -0.2) is 4.79 Å². The van der Waals surface area contributed by atoms with Gasteiger partial charge in [0.15, 0.2) is 0 Å². The summed E-state index contributed by atoms with van der Waals surface area (Å²) >= 11 is 0. The molecule has 2 fully saturated rings. The van der Waals surface area contributed by atoms with Crippen LogP contribution in [0.2, 0.25) is 0 Å². The molecule has 1 N–H and O–H groups in total. The minimum absolute atomic E-state index is 0.170. The number of likely N-dealkylation sites (N-methyl/N-ethyl adjacent to an activating group) is 1. The number of alkyl halides is 3. The highest BCUT2D eigenvalue weighted by molar-refractivity contribution is 5.94. The Morgan fingerprint density at radius 3 is 2.19 bits per heavy atom. The first-order valence-electron chi connectivity index (χ1n) is 10.9. The van der Waals surface area contributed by atoms with Crippen molar-refractivity contribution in [3.05, 3.63) is 35.9 Å². The minimum Gasteiger partial charge on any atom is -0.475 e. The Hall–Kier alpha value is -2.13. The van der Waals surface area contributed by atoms with Gasteiger partial charge in [-0.1, -0.05) is 18.2 Å². The summed E-state index contributed by atoms with van der Waals surface area (Å²) in [7, 11) is 2.17. The molecular weight excluding hydrogens is 425 g/mol. The number of nitrogens with zero attached hydrogens (tertiary/aromatic N) is 2. The number of halogens is 3. The van der Waals surface area contributed by atoms with Gasteiger partial charge < -0.3 is 19.6 Å². The Morgan fingerprint density at radius 1 is 1.19 bits per heavy atom. The second kappa shape index (κ2) is 11.1. The molecule has 0 aliphatic carbocycles. The molecule has 180 valence electrons. The summed E-state index contributed by atoms with van der Waals surface area (Å²) in [5.41, 5.74) is 1.09. The van der Waals surface area contributed by atoms with Crippen molar-refractivity contribution in [1.82, 2.24) is 9.80 Å². The molecule has 0 saturated carbocycles. The lowest BCUT2D eigenvalue weighted by molar-refractivity contribution is -0.192. The third-order valence-electron chi connectivity index (χ3n) is 6.37. The number of carbonyl (C=O) groups excluding carboxylic acids is 1. The molecule has 2 saturated heterocycles. The summed E-state index contributed by atoms with van der Waals surface area (Å²) in [5, 5.41) is 7.12. The second-order valence-corrected chi connectivity index (χ2v) is 8.97. The standard InChI is InChI=1S/C21H32N2O2.C2HF3O2/c1-17(2)22(3)15-19-9-10-21(16-25-19)11-13-23(14-12-21)20(24)18-7-5-4-6-8-18;3-2(4,5)1(6)7/h4-8,17,19H,9-16H2,1-3H3;(H,6,7). The van der Waals surface area contributed by atoms with Crippen molar-refractivity contribution in [3.8, 4) is 0 Å². The van der Waals surface area contributed by atoms with Gasteiger partial charge in [0.05, 0.1) is 12.7 Å². The van der Waals surface area contributed by atoms with Crippen LogP contribution in [0.4, 0.5) is 13.2 Å². The van der Waals surface area contributed by atoms with Crippen LogP contribution in [-0.4, -0.2) is 78.4 Å². The fourth-order valence-corrected chi connectivity index (χ4v) is 3.94. The lowest BCUT2D eigenvalue weighted by Crippen LogP contribution is -2.49. The summed E-state index contributed by atoms with van der Waals surface area (Å²) in [6, 6.07) is 10.2. The van der Waals surface area contributed by atoms with E-state index in [0.29, 0.717) is 17.6 Å². The van der Waals surface area contributed by atoms with Crippen molar-refractivity contribution in [1.29, 1.82) is 0 Å². The Kier molecular flexibility index (Phi) is 9.09. The number of carboxylic acids is 1. The van der Waals surface area contributed by atoms with Gasteiger partial charge in [-0.3, -0.25) is 4.79 Å². The molecule has 1 spiro atoms. The highest BCUT2D eigenvalue weighted by atomic mass is 19.4. The van der Waals surface area contributed by atoms with E-state index in [1.54, 1.807) is 0 Å². The highest BCUT2D eigenvalue weighted by Crippen LogP contribution is 2.40. The first-order valence-corrected chi connectivity index (χ1v) is 10.9. The Bertz CT molecular complexity index is 737. The number of ether oxygens (including phenoxy) is 1. The molecule has 0 radical (unpaired) electrons. The first-order chi connectivity index (χ1) is 14.9. The van der Waals surface area contributed by atoms with E-state index in [-0.39, 0.29) is 5.91 Å². The summed E-state index contributed by atoms with van der Waals surface area (Å²) in [4.78, 5) is 25.9. The molecule has 0 aromatic heterocycles. The SMILES string of the molecule is CC(C)N(C)CC1CCC2(CCN(C(=O)c3ccccc3)CC2)CO1.O=C(O)C(F)(F)F. The number of amides is 1. The van der Waals surface area contributed by atoms with Crippen molar-refractivity contribution in [2.75, 3.05) is 33.3 Å². The van der Waals surface area contributed by atoms with E-state index in [1.807, 2.05) is 35.2 Å². The highest BCUT2D eigenvalue weighted by Gasteiger charge is 2.40. The normalized spacial score (nSPS) is 20.8. The molecule has 1 amide bonds. The zero-order chi connectivity index (χ0) is 23.9. The quantitative estimate of drug-likeness (QED) is 0.737. The number of hydrogen-bond acceptors (Lipinski definition) is 4. The second-order valence-electron chi connectivity index (χ2n) is 8.97. The smallest absolute Gasteiger partial charge is 0.475 e. The van der Waals surface area contributed by atoms with Crippen molar-refractivity contribution < 1.29 is 32.6 Å². The molecule has 2 aliphatic rings. The van der Waals surface area contributed by atoms with Gasteiger partial charge in [-0.05, 0) is 64.1 Å². The van der Waals surface area contributed by atoms with Crippen molar-refractivity contribution in [2.24, 2.45) is 5.41 Å². The van der Waals surface area contributed by atoms with Crippen LogP contribution in [0.5, 0.6) is 0 Å². The monoisotopic (exact) mass is 458 g/mol. The zero-order valence-corrected chi connectivity index (χ0v) is 18.9. The summed E-state index contributed by atoms with van der Waals surface area (Å²) in [6.45, 7) is 8.04. The van der Waals surface area contributed by atoms with Gasteiger partial charge in [0.25, 0.3) is 5.91 Å². The lowest BCUT2D eigenvalue weighted by atomic mass is 9.73. The number of piperidine rings is 1.